The lowest BCUT2D eigenvalue weighted by Crippen LogP contribution is -2.50. The maximum absolute atomic E-state index is 13.2. The summed E-state index contributed by atoms with van der Waals surface area (Å²) in [6.45, 7) is 3.70. The monoisotopic (exact) mass is 622 g/mol. The summed E-state index contributed by atoms with van der Waals surface area (Å²) in [5.41, 5.74) is -0.242. The average molecular weight is 623 g/mol. The highest BCUT2D eigenvalue weighted by Crippen LogP contribution is 2.35. The largest absolute Gasteiger partial charge is 0.495 e. The molecule has 0 atom stereocenters. The molecule has 11 nitrogen and oxygen atoms in total. The summed E-state index contributed by atoms with van der Waals surface area (Å²) >= 11 is 0. The summed E-state index contributed by atoms with van der Waals surface area (Å²) < 4.78 is 56.1. The molecule has 44 heavy (non-hydrogen) atoms. The fraction of sp³-hybridized carbons (Fsp3) is 0.600. The smallest absolute Gasteiger partial charge is 0.421 e. The van der Waals surface area contributed by atoms with E-state index in [1.807, 2.05) is 0 Å². The number of hydrogen-bond acceptors (Lipinski definition) is 9. The van der Waals surface area contributed by atoms with Crippen LogP contribution in [-0.4, -0.2) is 98.3 Å². The fourth-order valence-electron chi connectivity index (χ4n) is 5.42. The summed E-state index contributed by atoms with van der Waals surface area (Å²) in [6.07, 6.45) is 2.78. The molecule has 1 aromatic carbocycles. The number of benzene rings is 1. The molecule has 1 aliphatic heterocycles. The number of methoxy groups -OCH3 is 1. The Balaban J connectivity index is 1.20. The van der Waals surface area contributed by atoms with Crippen LogP contribution in [0.1, 0.15) is 54.4 Å². The molecule has 242 valence electrons. The number of rotatable bonds is 14. The molecule has 2 aromatic rings. The third-order valence-electron chi connectivity index (χ3n) is 7.92. The second-order valence-corrected chi connectivity index (χ2v) is 10.8. The van der Waals surface area contributed by atoms with Crippen molar-refractivity contribution < 1.29 is 37.0 Å². The molecule has 2 aliphatic rings. The fourth-order valence-corrected chi connectivity index (χ4v) is 5.42. The van der Waals surface area contributed by atoms with Crippen LogP contribution in [0.4, 0.5) is 30.6 Å². The molecule has 1 saturated carbocycles. The number of hydrogen-bond donors (Lipinski definition) is 2. The summed E-state index contributed by atoms with van der Waals surface area (Å²) in [7, 11) is 2.75. The van der Waals surface area contributed by atoms with Gasteiger partial charge in [0.05, 0.1) is 39.0 Å². The predicted molar refractivity (Wildman–Crippen MR) is 158 cm³/mol. The Morgan fingerprint density at radius 2 is 1.68 bits per heavy atom. The third kappa shape index (κ3) is 9.18. The van der Waals surface area contributed by atoms with E-state index >= 15 is 0 Å². The van der Waals surface area contributed by atoms with Crippen molar-refractivity contribution in [2.24, 2.45) is 5.92 Å². The second-order valence-electron chi connectivity index (χ2n) is 10.8. The predicted octanol–water partition coefficient (Wildman–Crippen LogP) is 4.58. The van der Waals surface area contributed by atoms with Crippen molar-refractivity contribution in [3.63, 3.8) is 0 Å². The number of amides is 2. The maximum atomic E-state index is 13.2. The topological polar surface area (TPSA) is 118 Å². The molecule has 2 heterocycles. The lowest BCUT2D eigenvalue weighted by atomic mass is 10.1. The van der Waals surface area contributed by atoms with Gasteiger partial charge in [-0.1, -0.05) is 25.7 Å². The van der Waals surface area contributed by atoms with Gasteiger partial charge in [0.25, 0.3) is 5.91 Å². The normalized spacial score (nSPS) is 15.8. The number of carbonyl (C=O) groups is 2. The van der Waals surface area contributed by atoms with Crippen LogP contribution in [0.25, 0.3) is 0 Å². The SMILES string of the molecule is CNc1nc(Nc2ccc(C(=O)N3CCN(C(=O)CCOCCOCCC4CCCC4)CC3)cc2OC)ncc1C(F)(F)F. The van der Waals surface area contributed by atoms with Gasteiger partial charge in [0, 0.05) is 51.6 Å². The number of alkyl halides is 3. The van der Waals surface area contributed by atoms with E-state index in [0.717, 1.165) is 18.9 Å². The van der Waals surface area contributed by atoms with Gasteiger partial charge in [-0.15, -0.1) is 0 Å². The Kier molecular flexibility index (Phi) is 12.0. The summed E-state index contributed by atoms with van der Waals surface area (Å²) in [5, 5.41) is 5.27. The van der Waals surface area contributed by atoms with E-state index in [1.54, 1.807) is 28.0 Å². The van der Waals surface area contributed by atoms with E-state index in [9.17, 15) is 22.8 Å². The molecule has 0 radical (unpaired) electrons. The van der Waals surface area contributed by atoms with E-state index in [1.165, 1.54) is 39.8 Å². The lowest BCUT2D eigenvalue weighted by molar-refractivity contribution is -0.137. The van der Waals surface area contributed by atoms with Crippen molar-refractivity contribution in [1.82, 2.24) is 19.8 Å². The van der Waals surface area contributed by atoms with E-state index in [4.69, 9.17) is 14.2 Å². The van der Waals surface area contributed by atoms with Crippen molar-refractivity contribution >= 4 is 29.3 Å². The molecule has 1 aliphatic carbocycles. The molecule has 2 fully saturated rings. The zero-order valence-electron chi connectivity index (χ0n) is 25.3. The first-order chi connectivity index (χ1) is 21.2. The molecule has 2 N–H and O–H groups in total. The molecular formula is C30H41F3N6O5. The van der Waals surface area contributed by atoms with Crippen LogP contribution in [0, 0.1) is 5.92 Å². The maximum Gasteiger partial charge on any atom is 0.421 e. The van der Waals surface area contributed by atoms with Crippen molar-refractivity contribution in [3.05, 3.63) is 35.5 Å². The number of halogens is 3. The first-order valence-electron chi connectivity index (χ1n) is 15.0. The standard InChI is InChI=1S/C30H41F3N6O5/c1-34-27-23(30(31,32)33)20-35-29(37-27)36-24-8-7-22(19-25(24)42-2)28(41)39-13-11-38(12-14-39)26(40)10-16-44-18-17-43-15-9-21-5-3-4-6-21/h7-8,19-21H,3-6,9-18H2,1-2H3,(H2,34,35,36,37). The Morgan fingerprint density at radius 3 is 2.34 bits per heavy atom. The van der Waals surface area contributed by atoms with Crippen LogP contribution in [-0.2, 0) is 20.4 Å². The van der Waals surface area contributed by atoms with Crippen molar-refractivity contribution in [2.45, 2.75) is 44.7 Å². The van der Waals surface area contributed by atoms with E-state index in [-0.39, 0.29) is 30.0 Å². The molecule has 4 rings (SSSR count). The molecule has 0 unspecified atom stereocenters. The Labute approximate surface area is 255 Å². The van der Waals surface area contributed by atoms with Crippen molar-refractivity contribution in [3.8, 4) is 5.75 Å². The third-order valence-corrected chi connectivity index (χ3v) is 7.92. The first kappa shape index (κ1) is 33.2. The number of carbonyl (C=O) groups excluding carboxylic acids is 2. The van der Waals surface area contributed by atoms with Crippen LogP contribution < -0.4 is 15.4 Å². The number of piperazine rings is 1. The minimum absolute atomic E-state index is 0.0109. The summed E-state index contributed by atoms with van der Waals surface area (Å²) in [5.74, 6) is 0.416. The van der Waals surface area contributed by atoms with Gasteiger partial charge in [-0.05, 0) is 30.5 Å². The van der Waals surface area contributed by atoms with Crippen LogP contribution in [0.5, 0.6) is 5.75 Å². The second kappa shape index (κ2) is 15.9. The molecule has 0 bridgehead atoms. The average Bonchev–Trinajstić information content (AvgIpc) is 3.55. The van der Waals surface area contributed by atoms with Gasteiger partial charge in [0.15, 0.2) is 0 Å². The Morgan fingerprint density at radius 1 is 1.00 bits per heavy atom. The minimum atomic E-state index is -4.60. The van der Waals surface area contributed by atoms with Crippen LogP contribution >= 0.6 is 0 Å². The van der Waals surface area contributed by atoms with Gasteiger partial charge >= 0.3 is 6.18 Å². The van der Waals surface area contributed by atoms with Gasteiger partial charge in [0.2, 0.25) is 11.9 Å². The molecule has 1 saturated heterocycles. The molecular weight excluding hydrogens is 581 g/mol. The zero-order chi connectivity index (χ0) is 31.5. The number of nitrogens with zero attached hydrogens (tertiary/aromatic N) is 4. The summed E-state index contributed by atoms with van der Waals surface area (Å²) in [4.78, 5) is 36.9. The van der Waals surface area contributed by atoms with Gasteiger partial charge in [-0.3, -0.25) is 9.59 Å². The summed E-state index contributed by atoms with van der Waals surface area (Å²) in [6, 6.07) is 4.71. The van der Waals surface area contributed by atoms with Gasteiger partial charge < -0.3 is 34.6 Å². The van der Waals surface area contributed by atoms with Crippen molar-refractivity contribution in [1.29, 1.82) is 0 Å². The van der Waals surface area contributed by atoms with Crippen molar-refractivity contribution in [2.75, 3.05) is 77.4 Å². The first-order valence-corrected chi connectivity index (χ1v) is 15.0. The van der Waals surface area contributed by atoms with E-state index < -0.39 is 11.7 Å². The zero-order valence-corrected chi connectivity index (χ0v) is 25.3. The van der Waals surface area contributed by atoms with Crippen LogP contribution in [0.2, 0.25) is 0 Å². The minimum Gasteiger partial charge on any atom is -0.495 e. The number of anilines is 3. The lowest BCUT2D eigenvalue weighted by Gasteiger charge is -2.35. The van der Waals surface area contributed by atoms with Crippen LogP contribution in [0.15, 0.2) is 24.4 Å². The Hall–Kier alpha value is -3.65. The molecule has 1 aromatic heterocycles. The van der Waals surface area contributed by atoms with Crippen LogP contribution in [0.3, 0.4) is 0 Å². The highest BCUT2D eigenvalue weighted by Gasteiger charge is 2.35. The van der Waals surface area contributed by atoms with Gasteiger partial charge in [0.1, 0.15) is 17.1 Å². The highest BCUT2D eigenvalue weighted by molar-refractivity contribution is 5.95. The van der Waals surface area contributed by atoms with E-state index in [0.29, 0.717) is 69.2 Å². The molecule has 14 heteroatoms. The van der Waals surface area contributed by atoms with E-state index in [2.05, 4.69) is 20.6 Å². The number of ether oxygens (including phenoxy) is 3. The van der Waals surface area contributed by atoms with Gasteiger partial charge in [-0.25, -0.2) is 4.98 Å². The Bertz CT molecular complexity index is 1250. The molecule has 0 spiro atoms. The highest BCUT2D eigenvalue weighted by atomic mass is 19.4. The number of aromatic nitrogens is 2. The quantitative estimate of drug-likeness (QED) is 0.292. The van der Waals surface area contributed by atoms with Gasteiger partial charge in [-0.2, -0.15) is 18.2 Å². The molecule has 2 amide bonds. The number of nitrogens with one attached hydrogen (secondary N) is 2.